The second-order valence-corrected chi connectivity index (χ2v) is 9.45. The molecule has 4 rings (SSSR count). The van der Waals surface area contributed by atoms with E-state index in [-0.39, 0.29) is 10.2 Å². The highest BCUT2D eigenvalue weighted by molar-refractivity contribution is 7.90. The lowest BCUT2D eigenvalue weighted by Crippen LogP contribution is -2.49. The van der Waals surface area contributed by atoms with Gasteiger partial charge in [0.2, 0.25) is 5.91 Å². The van der Waals surface area contributed by atoms with Crippen molar-refractivity contribution < 1.29 is 26.4 Å². The minimum Gasteiger partial charge on any atom is -0.333 e. The molecule has 1 amide bonds. The Morgan fingerprint density at radius 3 is 2.34 bits per heavy atom. The molecule has 1 aromatic carbocycles. The van der Waals surface area contributed by atoms with Gasteiger partial charge in [0.05, 0.1) is 0 Å². The number of hydrogen-bond donors (Lipinski definition) is 0. The van der Waals surface area contributed by atoms with E-state index in [4.69, 9.17) is 0 Å². The molecule has 0 saturated heterocycles. The van der Waals surface area contributed by atoms with Crippen molar-refractivity contribution in [3.8, 4) is 0 Å². The molecule has 0 bridgehead atoms. The van der Waals surface area contributed by atoms with E-state index >= 15 is 0 Å². The van der Waals surface area contributed by atoms with Crippen molar-refractivity contribution in [2.24, 2.45) is 0 Å². The third-order valence-electron chi connectivity index (χ3n) is 4.88. The summed E-state index contributed by atoms with van der Waals surface area (Å²) in [5, 5.41) is 1.81. The molecule has 29 heavy (non-hydrogen) atoms. The minimum absolute atomic E-state index is 0.0922. The van der Waals surface area contributed by atoms with Gasteiger partial charge < -0.3 is 4.90 Å². The molecule has 1 aromatic heterocycles. The van der Waals surface area contributed by atoms with E-state index in [1.807, 2.05) is 41.8 Å². The Bertz CT molecular complexity index is 1090. The molecule has 10 heteroatoms. The smallest absolute Gasteiger partial charge is 0.333 e. The predicted octanol–water partition coefficient (Wildman–Crippen LogP) is 3.72. The first kappa shape index (κ1) is 19.7. The number of halogens is 3. The third kappa shape index (κ3) is 3.16. The molecule has 0 aliphatic carbocycles. The number of fused-ring (bicyclic) bond motifs is 2. The van der Waals surface area contributed by atoms with Crippen LogP contribution >= 0.6 is 11.3 Å². The number of alkyl halides is 3. The van der Waals surface area contributed by atoms with Crippen LogP contribution in [0.1, 0.15) is 16.0 Å². The van der Waals surface area contributed by atoms with E-state index in [2.05, 4.69) is 0 Å². The molecule has 0 atom stereocenters. The summed E-state index contributed by atoms with van der Waals surface area (Å²) in [4.78, 5) is 15.7. The highest BCUT2D eigenvalue weighted by Gasteiger charge is 2.51. The molecule has 0 N–H and O–H groups in total. The molecule has 0 unspecified atom stereocenters. The van der Waals surface area contributed by atoms with Gasteiger partial charge in [-0.2, -0.15) is 21.6 Å². The van der Waals surface area contributed by atoms with Crippen molar-refractivity contribution in [1.29, 1.82) is 0 Å². The van der Waals surface area contributed by atoms with Crippen molar-refractivity contribution in [2.45, 2.75) is 24.0 Å². The topological polar surface area (TPSA) is 57.7 Å². The van der Waals surface area contributed by atoms with Crippen LogP contribution in [0.5, 0.6) is 0 Å². The molecule has 2 aromatic rings. The second kappa shape index (κ2) is 6.74. The van der Waals surface area contributed by atoms with Crippen LogP contribution < -0.4 is 0 Å². The van der Waals surface area contributed by atoms with Crippen molar-refractivity contribution in [3.05, 3.63) is 82.3 Å². The summed E-state index contributed by atoms with van der Waals surface area (Å²) >= 11 is 1.32. The van der Waals surface area contributed by atoms with E-state index in [1.165, 1.54) is 23.5 Å². The van der Waals surface area contributed by atoms with Gasteiger partial charge in [-0.25, -0.2) is 4.31 Å². The van der Waals surface area contributed by atoms with Gasteiger partial charge in [-0.3, -0.25) is 4.79 Å². The summed E-state index contributed by atoms with van der Waals surface area (Å²) in [5.74, 6) is -0.312. The van der Waals surface area contributed by atoms with E-state index in [9.17, 15) is 26.4 Å². The molecule has 0 fully saturated rings. The number of amides is 1. The fourth-order valence-electron chi connectivity index (χ4n) is 3.45. The minimum atomic E-state index is -5.56. The molecule has 3 heterocycles. The number of thiophene rings is 1. The van der Waals surface area contributed by atoms with Gasteiger partial charge >= 0.3 is 15.5 Å². The summed E-state index contributed by atoms with van der Waals surface area (Å²) in [5.41, 5.74) is -4.96. The summed E-state index contributed by atoms with van der Waals surface area (Å²) in [6, 6.07) is 11.2. The van der Waals surface area contributed by atoms with Crippen LogP contribution in [0.4, 0.5) is 13.2 Å². The fraction of sp³-hybridized carbons (Fsp3) is 0.211. The number of rotatable bonds is 3. The molecule has 2 aliphatic heterocycles. The largest absolute Gasteiger partial charge is 0.517 e. The monoisotopic (exact) mass is 440 g/mol. The van der Waals surface area contributed by atoms with Gasteiger partial charge in [-0.15, -0.1) is 11.3 Å². The van der Waals surface area contributed by atoms with Crippen LogP contribution in [0.25, 0.3) is 0 Å². The molecular formula is C19H15F3N2O3S2. The van der Waals surface area contributed by atoms with Gasteiger partial charge in [-0.1, -0.05) is 30.3 Å². The number of benzene rings is 1. The normalized spacial score (nSPS) is 18.4. The van der Waals surface area contributed by atoms with Crippen LogP contribution in [0.3, 0.4) is 0 Å². The van der Waals surface area contributed by atoms with Crippen LogP contribution in [0, 0.1) is 0 Å². The van der Waals surface area contributed by atoms with Gasteiger partial charge in [-0.05, 0) is 34.7 Å². The lowest BCUT2D eigenvalue weighted by Gasteiger charge is -2.40. The van der Waals surface area contributed by atoms with Crippen molar-refractivity contribution >= 4 is 27.3 Å². The average Bonchev–Trinajstić information content (AvgIpc) is 3.15. The summed E-state index contributed by atoms with van der Waals surface area (Å²) in [6.07, 6.45) is 4.06. The lowest BCUT2D eigenvalue weighted by molar-refractivity contribution is -0.136. The maximum absolute atomic E-state index is 13.4. The van der Waals surface area contributed by atoms with Gasteiger partial charge in [0.25, 0.3) is 0 Å². The summed E-state index contributed by atoms with van der Waals surface area (Å²) in [7, 11) is -5.56. The fourth-order valence-corrected chi connectivity index (χ4v) is 5.20. The van der Waals surface area contributed by atoms with Crippen molar-refractivity contribution in [3.63, 3.8) is 0 Å². The third-order valence-corrected chi connectivity index (χ3v) is 7.37. The Labute approximate surface area is 169 Å². The first-order chi connectivity index (χ1) is 13.6. The van der Waals surface area contributed by atoms with Crippen LogP contribution in [-0.2, 0) is 33.3 Å². The van der Waals surface area contributed by atoms with E-state index in [0.717, 1.165) is 23.5 Å². The SMILES string of the molecule is O=C1N(Cc2ccccc2)Cc2ccsc2C12C=CN(S(=O)(=O)C(F)(F)F)C=C2. The van der Waals surface area contributed by atoms with Gasteiger partial charge in [0.1, 0.15) is 5.41 Å². The quantitative estimate of drug-likeness (QED) is 0.731. The zero-order valence-electron chi connectivity index (χ0n) is 14.8. The van der Waals surface area contributed by atoms with Crippen LogP contribution in [0.2, 0.25) is 0 Å². The van der Waals surface area contributed by atoms with Crippen molar-refractivity contribution in [2.75, 3.05) is 0 Å². The molecule has 5 nitrogen and oxygen atoms in total. The lowest BCUT2D eigenvalue weighted by atomic mass is 9.79. The molecule has 2 aliphatic rings. The molecule has 152 valence electrons. The highest BCUT2D eigenvalue weighted by Crippen LogP contribution is 2.43. The second-order valence-electron chi connectivity index (χ2n) is 6.70. The summed E-state index contributed by atoms with van der Waals surface area (Å²) in [6.45, 7) is 0.712. The number of hydrogen-bond acceptors (Lipinski definition) is 4. The number of carbonyl (C=O) groups is 1. The number of carbonyl (C=O) groups excluding carboxylic acids is 1. The first-order valence-electron chi connectivity index (χ1n) is 8.54. The molecule has 0 saturated carbocycles. The molecule has 0 radical (unpaired) electrons. The highest BCUT2D eigenvalue weighted by atomic mass is 32.2. The Hall–Kier alpha value is -2.59. The van der Waals surface area contributed by atoms with Gasteiger partial charge in [0.15, 0.2) is 0 Å². The summed E-state index contributed by atoms with van der Waals surface area (Å²) < 4.78 is 62.0. The average molecular weight is 440 g/mol. The van der Waals surface area contributed by atoms with Gasteiger partial charge in [0, 0.05) is 30.4 Å². The number of nitrogens with zero attached hydrogens (tertiary/aromatic N) is 2. The van der Waals surface area contributed by atoms with E-state index in [0.29, 0.717) is 18.0 Å². The van der Waals surface area contributed by atoms with E-state index in [1.54, 1.807) is 4.90 Å². The van der Waals surface area contributed by atoms with Crippen molar-refractivity contribution in [1.82, 2.24) is 9.21 Å². The van der Waals surface area contributed by atoms with Crippen LogP contribution in [-0.4, -0.2) is 29.0 Å². The Balaban J connectivity index is 1.71. The standard InChI is InChI=1S/C19H15F3N2O3S2/c20-19(21,22)29(26,27)24-9-7-18(8-10-24)16-15(6-11-28-16)13-23(17(18)25)12-14-4-2-1-3-5-14/h1-11H,12-13H2. The van der Waals surface area contributed by atoms with Crippen LogP contribution in [0.15, 0.2) is 66.3 Å². The maximum atomic E-state index is 13.4. The Morgan fingerprint density at radius 1 is 1.07 bits per heavy atom. The first-order valence-corrected chi connectivity index (χ1v) is 10.9. The Morgan fingerprint density at radius 2 is 1.72 bits per heavy atom. The maximum Gasteiger partial charge on any atom is 0.517 e. The predicted molar refractivity (Wildman–Crippen MR) is 102 cm³/mol. The molecular weight excluding hydrogens is 425 g/mol. The Kier molecular flexibility index (Phi) is 4.58. The van der Waals surface area contributed by atoms with E-state index < -0.39 is 20.9 Å². The zero-order chi connectivity index (χ0) is 20.9. The number of sulfonamides is 1. The molecule has 1 spiro atoms. The zero-order valence-corrected chi connectivity index (χ0v) is 16.5.